The first-order chi connectivity index (χ1) is 11.0. The van der Waals surface area contributed by atoms with Crippen LogP contribution < -0.4 is 10.1 Å². The van der Waals surface area contributed by atoms with Crippen molar-refractivity contribution in [3.63, 3.8) is 0 Å². The second-order valence-corrected chi connectivity index (χ2v) is 5.48. The molecule has 5 heteroatoms. The Bertz CT molecular complexity index is 681. The number of aryl methyl sites for hydroxylation is 2. The minimum absolute atomic E-state index is 0.140. The Morgan fingerprint density at radius 1 is 1.17 bits per heavy atom. The van der Waals surface area contributed by atoms with E-state index in [1.165, 1.54) is 12.1 Å². The molecule has 2 aromatic rings. The van der Waals surface area contributed by atoms with Crippen LogP contribution >= 0.6 is 11.6 Å². The Labute approximate surface area is 140 Å². The minimum atomic E-state index is -0.448. The van der Waals surface area contributed by atoms with Gasteiger partial charge in [-0.2, -0.15) is 0 Å². The van der Waals surface area contributed by atoms with E-state index in [0.29, 0.717) is 0 Å². The number of amides is 1. The van der Waals surface area contributed by atoms with E-state index in [2.05, 4.69) is 5.32 Å². The number of halogens is 2. The van der Waals surface area contributed by atoms with Crippen LogP contribution in [0.5, 0.6) is 5.75 Å². The zero-order valence-corrected chi connectivity index (χ0v) is 13.9. The first-order valence-electron chi connectivity index (χ1n) is 7.53. The van der Waals surface area contributed by atoms with Crippen molar-refractivity contribution < 1.29 is 13.9 Å². The molecule has 0 saturated heterocycles. The zero-order valence-electron chi connectivity index (χ0n) is 13.2. The summed E-state index contributed by atoms with van der Waals surface area (Å²) in [6, 6.07) is 9.76. The maximum Gasteiger partial charge on any atom is 0.262 e. The molecule has 0 heterocycles. The number of para-hydroxylation sites is 1. The van der Waals surface area contributed by atoms with Crippen molar-refractivity contribution in [2.24, 2.45) is 0 Å². The standard InChI is InChI=1S/C18H19ClFNO2/c1-3-12-6-5-7-13(4-2)18(12)21-17(22)11-23-16-9-8-14(20)10-15(16)19/h5-10H,3-4,11H2,1-2H3,(H,21,22). The second-order valence-electron chi connectivity index (χ2n) is 5.07. The average molecular weight is 336 g/mol. The van der Waals surface area contributed by atoms with E-state index < -0.39 is 5.82 Å². The molecule has 0 saturated carbocycles. The van der Waals surface area contributed by atoms with Gasteiger partial charge in [-0.1, -0.05) is 43.6 Å². The van der Waals surface area contributed by atoms with Crippen molar-refractivity contribution >= 4 is 23.2 Å². The normalized spacial score (nSPS) is 10.4. The maximum atomic E-state index is 13.0. The number of anilines is 1. The highest BCUT2D eigenvalue weighted by molar-refractivity contribution is 6.32. The van der Waals surface area contributed by atoms with Gasteiger partial charge in [0.25, 0.3) is 5.91 Å². The summed E-state index contributed by atoms with van der Waals surface area (Å²) in [6.07, 6.45) is 1.65. The fourth-order valence-corrected chi connectivity index (χ4v) is 2.54. The summed E-state index contributed by atoms with van der Waals surface area (Å²) in [5, 5.41) is 3.04. The van der Waals surface area contributed by atoms with Gasteiger partial charge in [-0.3, -0.25) is 4.79 Å². The molecule has 0 aliphatic heterocycles. The number of carbonyl (C=O) groups is 1. The lowest BCUT2D eigenvalue weighted by Crippen LogP contribution is -2.21. The molecule has 0 unspecified atom stereocenters. The topological polar surface area (TPSA) is 38.3 Å². The van der Waals surface area contributed by atoms with E-state index in [1.807, 2.05) is 32.0 Å². The van der Waals surface area contributed by atoms with Crippen molar-refractivity contribution in [1.82, 2.24) is 0 Å². The number of ether oxygens (including phenoxy) is 1. The van der Waals surface area contributed by atoms with Crippen LogP contribution in [-0.2, 0) is 17.6 Å². The Morgan fingerprint density at radius 3 is 2.39 bits per heavy atom. The Balaban J connectivity index is 2.05. The van der Waals surface area contributed by atoms with Gasteiger partial charge in [0.05, 0.1) is 5.02 Å². The molecule has 0 bridgehead atoms. The molecular weight excluding hydrogens is 317 g/mol. The van der Waals surface area contributed by atoms with E-state index in [4.69, 9.17) is 16.3 Å². The van der Waals surface area contributed by atoms with Crippen LogP contribution in [0, 0.1) is 5.82 Å². The Morgan fingerprint density at radius 2 is 1.83 bits per heavy atom. The highest BCUT2D eigenvalue weighted by Crippen LogP contribution is 2.25. The molecule has 122 valence electrons. The van der Waals surface area contributed by atoms with Crippen LogP contribution in [-0.4, -0.2) is 12.5 Å². The summed E-state index contributed by atoms with van der Waals surface area (Å²) < 4.78 is 18.3. The second kappa shape index (κ2) is 7.97. The predicted molar refractivity (Wildman–Crippen MR) is 90.7 cm³/mol. The first kappa shape index (κ1) is 17.3. The Kier molecular flexibility index (Phi) is 5.99. The number of hydrogen-bond acceptors (Lipinski definition) is 2. The van der Waals surface area contributed by atoms with Crippen LogP contribution in [0.4, 0.5) is 10.1 Å². The van der Waals surface area contributed by atoms with Crippen LogP contribution in [0.2, 0.25) is 5.02 Å². The SMILES string of the molecule is CCc1cccc(CC)c1NC(=O)COc1ccc(F)cc1Cl. The summed E-state index contributed by atoms with van der Waals surface area (Å²) in [5.41, 5.74) is 3.01. The van der Waals surface area contributed by atoms with Crippen molar-refractivity contribution in [3.8, 4) is 5.75 Å². The summed E-state index contributed by atoms with van der Waals surface area (Å²) in [4.78, 5) is 12.1. The van der Waals surface area contributed by atoms with Gasteiger partial charge in [0.15, 0.2) is 6.61 Å². The molecule has 0 radical (unpaired) electrons. The third kappa shape index (κ3) is 4.45. The highest BCUT2D eigenvalue weighted by atomic mass is 35.5. The van der Waals surface area contributed by atoms with E-state index in [1.54, 1.807) is 0 Å². The van der Waals surface area contributed by atoms with Crippen molar-refractivity contribution in [2.45, 2.75) is 26.7 Å². The lowest BCUT2D eigenvalue weighted by molar-refractivity contribution is -0.118. The predicted octanol–water partition coefficient (Wildman–Crippen LogP) is 4.62. The molecule has 2 aromatic carbocycles. The molecular formula is C18H19ClFNO2. The number of rotatable bonds is 6. The van der Waals surface area contributed by atoms with Gasteiger partial charge in [0, 0.05) is 5.69 Å². The third-order valence-corrected chi connectivity index (χ3v) is 3.81. The van der Waals surface area contributed by atoms with Gasteiger partial charge in [-0.25, -0.2) is 4.39 Å². The lowest BCUT2D eigenvalue weighted by atomic mass is 10.0. The van der Waals surface area contributed by atoms with E-state index in [0.717, 1.165) is 35.7 Å². The number of benzene rings is 2. The van der Waals surface area contributed by atoms with E-state index in [9.17, 15) is 9.18 Å². The molecule has 23 heavy (non-hydrogen) atoms. The molecule has 0 atom stereocenters. The molecule has 0 aliphatic rings. The van der Waals surface area contributed by atoms with Gasteiger partial charge in [0.2, 0.25) is 0 Å². The molecule has 1 N–H and O–H groups in total. The largest absolute Gasteiger partial charge is 0.482 e. The molecule has 0 fully saturated rings. The molecule has 3 nitrogen and oxygen atoms in total. The van der Waals surface area contributed by atoms with Gasteiger partial charge < -0.3 is 10.1 Å². The van der Waals surface area contributed by atoms with Crippen LogP contribution in [0.15, 0.2) is 36.4 Å². The molecule has 1 amide bonds. The number of hydrogen-bond donors (Lipinski definition) is 1. The number of nitrogens with one attached hydrogen (secondary N) is 1. The summed E-state index contributed by atoms with van der Waals surface area (Å²) in [5.74, 6) is -0.444. The minimum Gasteiger partial charge on any atom is -0.482 e. The molecule has 2 rings (SSSR count). The average Bonchev–Trinajstić information content (AvgIpc) is 2.54. The van der Waals surface area contributed by atoms with E-state index >= 15 is 0 Å². The molecule has 0 aromatic heterocycles. The van der Waals surface area contributed by atoms with Crippen molar-refractivity contribution in [2.75, 3.05) is 11.9 Å². The van der Waals surface area contributed by atoms with Crippen molar-refractivity contribution in [1.29, 1.82) is 0 Å². The fraction of sp³-hybridized carbons (Fsp3) is 0.278. The summed E-state index contributed by atoms with van der Waals surface area (Å²) in [7, 11) is 0. The zero-order chi connectivity index (χ0) is 16.8. The fourth-order valence-electron chi connectivity index (χ4n) is 2.31. The lowest BCUT2D eigenvalue weighted by Gasteiger charge is -2.15. The van der Waals surface area contributed by atoms with Gasteiger partial charge in [-0.05, 0) is 42.2 Å². The van der Waals surface area contributed by atoms with Crippen molar-refractivity contribution in [3.05, 3.63) is 58.4 Å². The van der Waals surface area contributed by atoms with E-state index in [-0.39, 0.29) is 23.3 Å². The quantitative estimate of drug-likeness (QED) is 0.836. The van der Waals surface area contributed by atoms with Gasteiger partial charge in [-0.15, -0.1) is 0 Å². The number of carbonyl (C=O) groups excluding carboxylic acids is 1. The summed E-state index contributed by atoms with van der Waals surface area (Å²) in [6.45, 7) is 3.89. The van der Waals surface area contributed by atoms with Crippen LogP contribution in [0.3, 0.4) is 0 Å². The summed E-state index contributed by atoms with van der Waals surface area (Å²) >= 11 is 5.87. The first-order valence-corrected chi connectivity index (χ1v) is 7.91. The Hall–Kier alpha value is -2.07. The molecule has 0 aliphatic carbocycles. The van der Waals surface area contributed by atoms with Gasteiger partial charge in [0.1, 0.15) is 11.6 Å². The van der Waals surface area contributed by atoms with Crippen LogP contribution in [0.25, 0.3) is 0 Å². The monoisotopic (exact) mass is 335 g/mol. The maximum absolute atomic E-state index is 13.0. The smallest absolute Gasteiger partial charge is 0.262 e. The molecule has 0 spiro atoms. The van der Waals surface area contributed by atoms with Crippen LogP contribution in [0.1, 0.15) is 25.0 Å². The highest BCUT2D eigenvalue weighted by Gasteiger charge is 2.11. The third-order valence-electron chi connectivity index (χ3n) is 3.52. The van der Waals surface area contributed by atoms with Gasteiger partial charge >= 0.3 is 0 Å².